The molecule has 0 aromatic heterocycles. The molecule has 6 heteroatoms. The van der Waals surface area contributed by atoms with Crippen molar-refractivity contribution in [3.63, 3.8) is 0 Å². The van der Waals surface area contributed by atoms with Crippen LogP contribution in [0.5, 0.6) is 0 Å². The minimum absolute atomic E-state index is 0.194. The van der Waals surface area contributed by atoms with Crippen molar-refractivity contribution >= 4 is 9.84 Å². The van der Waals surface area contributed by atoms with E-state index in [1.165, 1.54) is 25.5 Å². The summed E-state index contributed by atoms with van der Waals surface area (Å²) >= 11 is 0. The Hall–Kier alpha value is -0.980. The van der Waals surface area contributed by atoms with Gasteiger partial charge in [-0.05, 0) is 17.7 Å². The molecule has 0 unspecified atom stereocenters. The molecule has 0 spiro atoms. The van der Waals surface area contributed by atoms with E-state index in [0.717, 1.165) is 0 Å². The maximum atomic E-state index is 13.3. The van der Waals surface area contributed by atoms with E-state index >= 15 is 0 Å². The number of sulfone groups is 1. The second kappa shape index (κ2) is 4.85. The molecule has 1 fully saturated rings. The van der Waals surface area contributed by atoms with E-state index in [4.69, 9.17) is 10.5 Å². The summed E-state index contributed by atoms with van der Waals surface area (Å²) < 4.78 is 42.3. The third kappa shape index (κ3) is 2.40. The Morgan fingerprint density at radius 3 is 2.63 bits per heavy atom. The van der Waals surface area contributed by atoms with Crippen molar-refractivity contribution in [1.29, 1.82) is 0 Å². The molecule has 106 valence electrons. The summed E-state index contributed by atoms with van der Waals surface area (Å²) in [6.07, 6.45) is 1.19. The Bertz CT molecular complexity index is 575. The van der Waals surface area contributed by atoms with Crippen LogP contribution in [0, 0.1) is 11.2 Å². The van der Waals surface area contributed by atoms with Gasteiger partial charge >= 0.3 is 0 Å². The number of benzene rings is 1. The Morgan fingerprint density at radius 1 is 1.47 bits per heavy atom. The molecular weight excluding hydrogens is 269 g/mol. The van der Waals surface area contributed by atoms with Crippen molar-refractivity contribution in [1.82, 2.24) is 0 Å². The predicted molar refractivity (Wildman–Crippen MR) is 71.1 cm³/mol. The molecule has 1 aliphatic carbocycles. The molecule has 0 aliphatic heterocycles. The highest BCUT2D eigenvalue weighted by Gasteiger charge is 2.69. The van der Waals surface area contributed by atoms with Gasteiger partial charge in [0.05, 0.1) is 11.9 Å². The zero-order chi connectivity index (χ0) is 14.3. The van der Waals surface area contributed by atoms with Crippen molar-refractivity contribution in [2.75, 3.05) is 26.5 Å². The van der Waals surface area contributed by atoms with Gasteiger partial charge in [-0.3, -0.25) is 0 Å². The average Bonchev–Trinajstić information content (AvgIpc) is 2.99. The minimum Gasteiger partial charge on any atom is -0.384 e. The lowest BCUT2D eigenvalue weighted by atomic mass is 10.00. The number of methoxy groups -OCH3 is 1. The zero-order valence-corrected chi connectivity index (χ0v) is 11.8. The molecule has 2 N–H and O–H groups in total. The number of ether oxygens (including phenoxy) is 1. The summed E-state index contributed by atoms with van der Waals surface area (Å²) in [5.74, 6) is -0.678. The van der Waals surface area contributed by atoms with Gasteiger partial charge in [0.1, 0.15) is 5.82 Å². The standard InChI is InChI=1S/C13H18FNO3S/c1-18-8-13(7-15)11(12(13)19(2,16)17)9-4-3-5-10(14)6-9/h3-6,11-12H,7-8,15H2,1-2H3/t11-,12+,13+/m0/s1. The van der Waals surface area contributed by atoms with Crippen molar-refractivity contribution < 1.29 is 17.5 Å². The van der Waals surface area contributed by atoms with Crippen LogP contribution in [-0.2, 0) is 14.6 Å². The third-order valence-corrected chi connectivity index (χ3v) is 5.51. The number of halogens is 1. The number of hydrogen-bond donors (Lipinski definition) is 1. The molecule has 1 saturated carbocycles. The topological polar surface area (TPSA) is 69.4 Å². The molecule has 1 aromatic carbocycles. The number of rotatable bonds is 5. The van der Waals surface area contributed by atoms with Gasteiger partial charge in [-0.15, -0.1) is 0 Å². The normalized spacial score (nSPS) is 30.3. The molecular formula is C13H18FNO3S. The smallest absolute Gasteiger partial charge is 0.151 e. The molecule has 0 heterocycles. The number of hydrogen-bond acceptors (Lipinski definition) is 4. The fraction of sp³-hybridized carbons (Fsp3) is 0.538. The first-order valence-electron chi connectivity index (χ1n) is 6.00. The highest BCUT2D eigenvalue weighted by molar-refractivity contribution is 7.91. The largest absolute Gasteiger partial charge is 0.384 e. The van der Waals surface area contributed by atoms with Crippen molar-refractivity contribution in [3.8, 4) is 0 Å². The lowest BCUT2D eigenvalue weighted by Gasteiger charge is -2.14. The first-order chi connectivity index (χ1) is 8.86. The fourth-order valence-corrected chi connectivity index (χ4v) is 5.08. The molecule has 0 saturated heterocycles. The van der Waals surface area contributed by atoms with Crippen LogP contribution in [0.3, 0.4) is 0 Å². The zero-order valence-electron chi connectivity index (χ0n) is 11.0. The fourth-order valence-electron chi connectivity index (χ4n) is 3.08. The summed E-state index contributed by atoms with van der Waals surface area (Å²) in [6.45, 7) is 0.447. The first kappa shape index (κ1) is 14.4. The Balaban J connectivity index is 2.44. The Labute approximate surface area is 112 Å². The summed E-state index contributed by atoms with van der Waals surface area (Å²) in [4.78, 5) is 0. The van der Waals surface area contributed by atoms with E-state index in [-0.39, 0.29) is 24.9 Å². The quantitative estimate of drug-likeness (QED) is 0.874. The van der Waals surface area contributed by atoms with E-state index in [1.807, 2.05) is 0 Å². The molecule has 1 aliphatic rings. The van der Waals surface area contributed by atoms with Gasteiger partial charge in [-0.25, -0.2) is 12.8 Å². The summed E-state index contributed by atoms with van der Waals surface area (Å²) in [5.41, 5.74) is 5.79. The lowest BCUT2D eigenvalue weighted by Crippen LogP contribution is -2.28. The van der Waals surface area contributed by atoms with E-state index < -0.39 is 20.5 Å². The molecule has 0 amide bonds. The van der Waals surface area contributed by atoms with Crippen LogP contribution in [0.2, 0.25) is 0 Å². The first-order valence-corrected chi connectivity index (χ1v) is 7.95. The van der Waals surface area contributed by atoms with E-state index in [0.29, 0.717) is 5.56 Å². The van der Waals surface area contributed by atoms with Crippen LogP contribution in [0.4, 0.5) is 4.39 Å². The Morgan fingerprint density at radius 2 is 2.16 bits per heavy atom. The molecule has 3 atom stereocenters. The molecule has 2 rings (SSSR count). The SMILES string of the molecule is COC[C@@]1(CN)[C@H](S(C)(=O)=O)[C@@H]1c1cccc(F)c1. The van der Waals surface area contributed by atoms with Gasteiger partial charge < -0.3 is 10.5 Å². The molecule has 0 radical (unpaired) electrons. The van der Waals surface area contributed by atoms with Crippen molar-refractivity contribution in [3.05, 3.63) is 35.6 Å². The van der Waals surface area contributed by atoms with E-state index in [2.05, 4.69) is 0 Å². The van der Waals surface area contributed by atoms with E-state index in [9.17, 15) is 12.8 Å². The maximum Gasteiger partial charge on any atom is 0.151 e. The highest BCUT2D eigenvalue weighted by atomic mass is 32.2. The van der Waals surface area contributed by atoms with Crippen molar-refractivity contribution in [2.45, 2.75) is 11.2 Å². The molecule has 19 heavy (non-hydrogen) atoms. The van der Waals surface area contributed by atoms with Gasteiger partial charge in [0.15, 0.2) is 9.84 Å². The van der Waals surface area contributed by atoms with E-state index in [1.54, 1.807) is 12.1 Å². The molecule has 1 aromatic rings. The predicted octanol–water partition coefficient (Wildman–Crippen LogP) is 0.928. The van der Waals surface area contributed by atoms with Gasteiger partial charge in [0.25, 0.3) is 0 Å². The van der Waals surface area contributed by atoms with Crippen LogP contribution in [-0.4, -0.2) is 40.2 Å². The summed E-state index contributed by atoms with van der Waals surface area (Å²) in [7, 11) is -1.75. The van der Waals surface area contributed by atoms with Crippen LogP contribution >= 0.6 is 0 Å². The average molecular weight is 287 g/mol. The van der Waals surface area contributed by atoms with Crippen LogP contribution in [0.15, 0.2) is 24.3 Å². The van der Waals surface area contributed by atoms with Crippen LogP contribution in [0.1, 0.15) is 11.5 Å². The van der Waals surface area contributed by atoms with Crippen LogP contribution in [0.25, 0.3) is 0 Å². The third-order valence-electron chi connectivity index (χ3n) is 3.84. The summed E-state index contributed by atoms with van der Waals surface area (Å²) in [5, 5.41) is -0.605. The highest BCUT2D eigenvalue weighted by Crippen LogP contribution is 2.62. The second-order valence-electron chi connectivity index (χ2n) is 5.15. The monoisotopic (exact) mass is 287 g/mol. The summed E-state index contributed by atoms with van der Waals surface area (Å²) in [6, 6.07) is 6.02. The molecule has 0 bridgehead atoms. The van der Waals surface area contributed by atoms with Gasteiger partial charge in [-0.1, -0.05) is 12.1 Å². The second-order valence-corrected chi connectivity index (χ2v) is 7.32. The Kier molecular flexibility index (Phi) is 3.68. The van der Waals surface area contributed by atoms with Crippen LogP contribution < -0.4 is 5.73 Å². The number of nitrogens with two attached hydrogens (primary N) is 1. The van der Waals surface area contributed by atoms with Gasteiger partial charge in [0.2, 0.25) is 0 Å². The minimum atomic E-state index is -3.26. The lowest BCUT2D eigenvalue weighted by molar-refractivity contribution is 0.142. The molecule has 4 nitrogen and oxygen atoms in total. The van der Waals surface area contributed by atoms with Gasteiger partial charge in [-0.2, -0.15) is 0 Å². The maximum absolute atomic E-state index is 13.3. The van der Waals surface area contributed by atoms with Gasteiger partial charge in [0, 0.05) is 31.2 Å². The van der Waals surface area contributed by atoms with Crippen molar-refractivity contribution in [2.24, 2.45) is 11.1 Å².